The van der Waals surface area contributed by atoms with Crippen LogP contribution in [0.2, 0.25) is 0 Å². The number of ether oxygens (including phenoxy) is 1. The molecule has 1 unspecified atom stereocenters. The van der Waals surface area contributed by atoms with Crippen LogP contribution in [0.15, 0.2) is 23.0 Å². The molecule has 2 heterocycles. The zero-order chi connectivity index (χ0) is 19.4. The molecule has 1 aromatic carbocycles. The molecule has 3 rings (SSSR count). The number of aromatic nitrogens is 2. The van der Waals surface area contributed by atoms with Crippen molar-refractivity contribution in [1.29, 1.82) is 0 Å². The molecule has 27 heavy (non-hydrogen) atoms. The first-order valence-electron chi connectivity index (χ1n) is 8.75. The number of amides is 2. The van der Waals surface area contributed by atoms with Gasteiger partial charge in [0.05, 0.1) is 17.6 Å². The van der Waals surface area contributed by atoms with Crippen LogP contribution in [0.1, 0.15) is 30.9 Å². The van der Waals surface area contributed by atoms with Crippen LogP contribution in [0.4, 0.5) is 0 Å². The Kier molecular flexibility index (Phi) is 5.74. The first-order valence-corrected chi connectivity index (χ1v) is 8.75. The number of aliphatic hydroxyl groups is 1. The Morgan fingerprint density at radius 1 is 1.30 bits per heavy atom. The topological polar surface area (TPSA) is 103 Å². The second-order valence-corrected chi connectivity index (χ2v) is 6.31. The average Bonchev–Trinajstić information content (AvgIpc) is 2.89. The van der Waals surface area contributed by atoms with Crippen molar-refractivity contribution in [2.45, 2.75) is 25.3 Å². The number of imide groups is 1. The van der Waals surface area contributed by atoms with Gasteiger partial charge in [0.2, 0.25) is 11.8 Å². The van der Waals surface area contributed by atoms with Crippen LogP contribution in [-0.2, 0) is 21.4 Å². The van der Waals surface area contributed by atoms with Crippen molar-refractivity contribution in [3.05, 3.63) is 34.2 Å². The third-order valence-corrected chi connectivity index (χ3v) is 4.46. The van der Waals surface area contributed by atoms with Gasteiger partial charge in [-0.2, -0.15) is 0 Å². The van der Waals surface area contributed by atoms with Crippen LogP contribution < -0.4 is 11.0 Å². The van der Waals surface area contributed by atoms with Gasteiger partial charge in [0.15, 0.2) is 0 Å². The van der Waals surface area contributed by atoms with Gasteiger partial charge in [0, 0.05) is 25.6 Å². The number of carbonyl (C=O) groups is 2. The van der Waals surface area contributed by atoms with Crippen molar-refractivity contribution < 1.29 is 19.4 Å². The van der Waals surface area contributed by atoms with Crippen molar-refractivity contribution in [2.75, 3.05) is 19.8 Å². The number of imidazole rings is 1. The van der Waals surface area contributed by atoms with Crippen LogP contribution in [0.5, 0.6) is 0 Å². The van der Waals surface area contributed by atoms with E-state index in [9.17, 15) is 14.4 Å². The number of hydrogen-bond acceptors (Lipinski definition) is 5. The second kappa shape index (κ2) is 8.20. The molecule has 2 amide bonds. The lowest BCUT2D eigenvalue weighted by Crippen LogP contribution is -2.44. The predicted octanol–water partition coefficient (Wildman–Crippen LogP) is 0.0682. The highest BCUT2D eigenvalue weighted by Gasteiger charge is 2.31. The van der Waals surface area contributed by atoms with Gasteiger partial charge in [-0.1, -0.05) is 11.8 Å². The Balaban J connectivity index is 1.87. The quantitative estimate of drug-likeness (QED) is 0.440. The highest BCUT2D eigenvalue weighted by molar-refractivity contribution is 6.00. The Hall–Kier alpha value is -2.89. The van der Waals surface area contributed by atoms with E-state index in [-0.39, 0.29) is 31.2 Å². The summed E-state index contributed by atoms with van der Waals surface area (Å²) in [5.41, 5.74) is 1.71. The standard InChI is InChI=1S/C19H21N3O5/c1-21-16-12-13(4-2-10-27-11-3-9-23)5-6-14(16)22(19(21)26)15-7-8-17(24)20-18(15)25/h5-6,12,15,23H,3,7-11H2,1H3,(H,20,24,25). The lowest BCUT2D eigenvalue weighted by atomic mass is 10.1. The largest absolute Gasteiger partial charge is 0.396 e. The number of piperidine rings is 1. The first-order chi connectivity index (χ1) is 13.0. The average molecular weight is 371 g/mol. The van der Waals surface area contributed by atoms with Gasteiger partial charge in [0.25, 0.3) is 0 Å². The zero-order valence-corrected chi connectivity index (χ0v) is 15.0. The van der Waals surface area contributed by atoms with E-state index in [0.29, 0.717) is 30.5 Å². The van der Waals surface area contributed by atoms with Crippen molar-refractivity contribution in [2.24, 2.45) is 7.05 Å². The highest BCUT2D eigenvalue weighted by atomic mass is 16.5. The molecule has 8 heteroatoms. The summed E-state index contributed by atoms with van der Waals surface area (Å²) in [6.07, 6.45) is 1.08. The number of benzene rings is 1. The molecule has 1 aliphatic heterocycles. The maximum Gasteiger partial charge on any atom is 0.329 e. The Labute approximate surface area is 155 Å². The monoisotopic (exact) mass is 371 g/mol. The molecular weight excluding hydrogens is 350 g/mol. The number of hydrogen-bond donors (Lipinski definition) is 2. The Bertz CT molecular complexity index is 992. The molecule has 0 spiro atoms. The van der Waals surface area contributed by atoms with E-state index >= 15 is 0 Å². The molecule has 2 aromatic rings. The minimum absolute atomic E-state index is 0.0856. The van der Waals surface area contributed by atoms with Crippen molar-refractivity contribution in [3.63, 3.8) is 0 Å². The van der Waals surface area contributed by atoms with Gasteiger partial charge in [-0.3, -0.25) is 24.0 Å². The van der Waals surface area contributed by atoms with Gasteiger partial charge in [0.1, 0.15) is 12.6 Å². The van der Waals surface area contributed by atoms with Crippen molar-refractivity contribution >= 4 is 22.8 Å². The molecule has 1 aromatic heterocycles. The van der Waals surface area contributed by atoms with Crippen LogP contribution in [0.25, 0.3) is 11.0 Å². The van der Waals surface area contributed by atoms with Gasteiger partial charge in [-0.05, 0) is 31.0 Å². The lowest BCUT2D eigenvalue weighted by Gasteiger charge is -2.21. The summed E-state index contributed by atoms with van der Waals surface area (Å²) in [6, 6.07) is 4.64. The van der Waals surface area contributed by atoms with E-state index in [1.54, 1.807) is 25.2 Å². The summed E-state index contributed by atoms with van der Waals surface area (Å²) in [4.78, 5) is 36.2. The maximum absolute atomic E-state index is 12.7. The summed E-state index contributed by atoms with van der Waals surface area (Å²) in [7, 11) is 1.64. The fourth-order valence-electron chi connectivity index (χ4n) is 3.10. The molecule has 8 nitrogen and oxygen atoms in total. The molecule has 1 aliphatic rings. The third kappa shape index (κ3) is 3.94. The predicted molar refractivity (Wildman–Crippen MR) is 98.0 cm³/mol. The van der Waals surface area contributed by atoms with E-state index in [2.05, 4.69) is 17.2 Å². The summed E-state index contributed by atoms with van der Waals surface area (Å²) >= 11 is 0. The summed E-state index contributed by atoms with van der Waals surface area (Å²) in [6.45, 7) is 0.796. The van der Waals surface area contributed by atoms with Gasteiger partial charge in [-0.15, -0.1) is 0 Å². The molecule has 2 N–H and O–H groups in total. The van der Waals surface area contributed by atoms with Crippen LogP contribution in [0, 0.1) is 11.8 Å². The minimum atomic E-state index is -0.698. The number of nitrogens with zero attached hydrogens (tertiary/aromatic N) is 2. The first kappa shape index (κ1) is 18.9. The molecule has 0 saturated carbocycles. The number of fused-ring (bicyclic) bond motifs is 1. The fraction of sp³-hybridized carbons (Fsp3) is 0.421. The molecule has 0 bridgehead atoms. The Morgan fingerprint density at radius 2 is 2.11 bits per heavy atom. The maximum atomic E-state index is 12.7. The van der Waals surface area contributed by atoms with Crippen LogP contribution in [0.3, 0.4) is 0 Å². The van der Waals surface area contributed by atoms with Gasteiger partial charge in [-0.25, -0.2) is 4.79 Å². The summed E-state index contributed by atoms with van der Waals surface area (Å²) < 4.78 is 8.18. The molecule has 0 aliphatic carbocycles. The van der Waals surface area contributed by atoms with E-state index in [1.807, 2.05) is 0 Å². The number of carbonyl (C=O) groups excluding carboxylic acids is 2. The molecule has 1 fully saturated rings. The summed E-state index contributed by atoms with van der Waals surface area (Å²) in [5.74, 6) is 5.10. The molecule has 1 atom stereocenters. The zero-order valence-electron chi connectivity index (χ0n) is 15.0. The molecule has 1 saturated heterocycles. The highest BCUT2D eigenvalue weighted by Crippen LogP contribution is 2.23. The minimum Gasteiger partial charge on any atom is -0.396 e. The number of rotatable bonds is 5. The third-order valence-electron chi connectivity index (χ3n) is 4.46. The molecule has 142 valence electrons. The molecule has 0 radical (unpaired) electrons. The van der Waals surface area contributed by atoms with Gasteiger partial charge < -0.3 is 9.84 Å². The van der Waals surface area contributed by atoms with E-state index in [1.165, 1.54) is 9.13 Å². The van der Waals surface area contributed by atoms with Crippen molar-refractivity contribution in [1.82, 2.24) is 14.5 Å². The van der Waals surface area contributed by atoms with E-state index in [0.717, 1.165) is 5.56 Å². The van der Waals surface area contributed by atoms with Crippen molar-refractivity contribution in [3.8, 4) is 11.8 Å². The number of aliphatic hydroxyl groups excluding tert-OH is 1. The van der Waals surface area contributed by atoms with Gasteiger partial charge >= 0.3 is 5.69 Å². The lowest BCUT2D eigenvalue weighted by molar-refractivity contribution is -0.135. The van der Waals surface area contributed by atoms with Crippen LogP contribution in [-0.4, -0.2) is 45.9 Å². The smallest absolute Gasteiger partial charge is 0.329 e. The Morgan fingerprint density at radius 3 is 2.85 bits per heavy atom. The van der Waals surface area contributed by atoms with Crippen LogP contribution >= 0.6 is 0 Å². The van der Waals surface area contributed by atoms with E-state index in [4.69, 9.17) is 9.84 Å². The second-order valence-electron chi connectivity index (χ2n) is 6.31. The number of nitrogens with one attached hydrogen (secondary N) is 1. The SMILES string of the molecule is Cn1c(=O)n(C2CCC(=O)NC2=O)c2ccc(C#CCOCCCO)cc21. The normalized spacial score (nSPS) is 16.9. The summed E-state index contributed by atoms with van der Waals surface area (Å²) in [5, 5.41) is 11.0. The fourth-order valence-corrected chi connectivity index (χ4v) is 3.10. The van der Waals surface area contributed by atoms with E-state index < -0.39 is 11.9 Å². The number of aryl methyl sites for hydroxylation is 1. The molecular formula is C19H21N3O5.